The molecule has 1 aromatic carbocycles. The van der Waals surface area contributed by atoms with E-state index in [1.807, 2.05) is 12.1 Å². The van der Waals surface area contributed by atoms with E-state index in [0.717, 1.165) is 21.2 Å². The quantitative estimate of drug-likeness (QED) is 0.745. The van der Waals surface area contributed by atoms with Gasteiger partial charge in [-0.2, -0.15) is 0 Å². The van der Waals surface area contributed by atoms with Crippen LogP contribution in [0.1, 0.15) is 0 Å². The van der Waals surface area contributed by atoms with E-state index in [4.69, 9.17) is 18.0 Å². The highest BCUT2D eigenvalue weighted by molar-refractivity contribution is 9.10. The maximum Gasteiger partial charge on any atom is 0.170 e. The number of nitrogens with one attached hydrogen (secondary N) is 2. The molecule has 7 heteroatoms. The van der Waals surface area contributed by atoms with E-state index in [2.05, 4.69) is 36.5 Å². The summed E-state index contributed by atoms with van der Waals surface area (Å²) in [4.78, 5) is 8.50. The molecule has 0 aliphatic heterocycles. The maximum atomic E-state index is 5.40. The number of hydrogen-bond acceptors (Lipinski definition) is 4. The monoisotopic (exact) mass is 325 g/mol. The van der Waals surface area contributed by atoms with E-state index >= 15 is 0 Å². The second-order valence-corrected chi connectivity index (χ2v) is 4.72. The van der Waals surface area contributed by atoms with E-state index in [1.54, 1.807) is 12.4 Å². The molecule has 0 aliphatic carbocycles. The van der Waals surface area contributed by atoms with Crippen molar-refractivity contribution in [3.05, 3.63) is 29.0 Å². The zero-order valence-corrected chi connectivity index (χ0v) is 11.9. The van der Waals surface area contributed by atoms with Crippen molar-refractivity contribution in [1.29, 1.82) is 0 Å². The average molecular weight is 326 g/mol. The predicted octanol–water partition coefficient (Wildman–Crippen LogP) is 1.64. The van der Waals surface area contributed by atoms with Crippen molar-refractivity contribution in [2.75, 3.05) is 18.4 Å². The van der Waals surface area contributed by atoms with Crippen LogP contribution in [0.2, 0.25) is 0 Å². The SMILES string of the molecule is NCCNC(=S)Nc1ccc2nccnc2c1Br. The summed E-state index contributed by atoms with van der Waals surface area (Å²) in [7, 11) is 0. The number of hydrogen-bond donors (Lipinski definition) is 3. The third-order valence-corrected chi connectivity index (χ3v) is 3.31. The lowest BCUT2D eigenvalue weighted by atomic mass is 10.2. The lowest BCUT2D eigenvalue weighted by Gasteiger charge is -2.11. The van der Waals surface area contributed by atoms with Gasteiger partial charge in [0.25, 0.3) is 0 Å². The number of halogens is 1. The van der Waals surface area contributed by atoms with Crippen LogP contribution in [0.25, 0.3) is 11.0 Å². The molecule has 0 aliphatic rings. The van der Waals surface area contributed by atoms with Gasteiger partial charge in [0.1, 0.15) is 5.52 Å². The zero-order valence-electron chi connectivity index (χ0n) is 9.48. The molecule has 2 rings (SSSR count). The van der Waals surface area contributed by atoms with Crippen molar-refractivity contribution >= 4 is 50.0 Å². The highest BCUT2D eigenvalue weighted by Crippen LogP contribution is 2.28. The van der Waals surface area contributed by atoms with Gasteiger partial charge in [0.2, 0.25) is 0 Å². The second-order valence-electron chi connectivity index (χ2n) is 3.52. The Hall–Kier alpha value is -1.31. The first kappa shape index (κ1) is 13.1. The first-order valence-corrected chi connectivity index (χ1v) is 6.56. The van der Waals surface area contributed by atoms with Crippen LogP contribution < -0.4 is 16.4 Å². The smallest absolute Gasteiger partial charge is 0.170 e. The summed E-state index contributed by atoms with van der Waals surface area (Å²) in [5.41, 5.74) is 7.87. The van der Waals surface area contributed by atoms with E-state index < -0.39 is 0 Å². The summed E-state index contributed by atoms with van der Waals surface area (Å²) in [6, 6.07) is 3.79. The number of rotatable bonds is 3. The normalized spacial score (nSPS) is 10.3. The average Bonchev–Trinajstić information content (AvgIpc) is 2.40. The minimum absolute atomic E-state index is 0.532. The molecule has 18 heavy (non-hydrogen) atoms. The molecule has 2 aromatic rings. The highest BCUT2D eigenvalue weighted by atomic mass is 79.9. The summed E-state index contributed by atoms with van der Waals surface area (Å²) in [5.74, 6) is 0. The van der Waals surface area contributed by atoms with Crippen LogP contribution in [0, 0.1) is 0 Å². The highest BCUT2D eigenvalue weighted by Gasteiger charge is 2.07. The Labute approximate surface area is 118 Å². The van der Waals surface area contributed by atoms with Crippen molar-refractivity contribution in [3.8, 4) is 0 Å². The van der Waals surface area contributed by atoms with Gasteiger partial charge in [0, 0.05) is 25.5 Å². The Morgan fingerprint density at radius 2 is 2.11 bits per heavy atom. The van der Waals surface area contributed by atoms with Crippen LogP contribution in [0.5, 0.6) is 0 Å². The molecule has 0 radical (unpaired) electrons. The molecule has 0 fully saturated rings. The fourth-order valence-corrected chi connectivity index (χ4v) is 2.20. The standard InChI is InChI=1S/C11H12BrN5S/c12-9-7(17-11(18)16-4-3-13)1-2-8-10(9)15-6-5-14-8/h1-2,5-6H,3-4,13H2,(H2,16,17,18). The van der Waals surface area contributed by atoms with Gasteiger partial charge in [-0.25, -0.2) is 0 Å². The predicted molar refractivity (Wildman–Crippen MR) is 80.5 cm³/mol. The molecular formula is C11H12BrN5S. The molecule has 94 valence electrons. The summed E-state index contributed by atoms with van der Waals surface area (Å²) >= 11 is 8.65. The van der Waals surface area contributed by atoms with E-state index in [1.165, 1.54) is 0 Å². The fraction of sp³-hybridized carbons (Fsp3) is 0.182. The first-order chi connectivity index (χ1) is 8.72. The van der Waals surface area contributed by atoms with Crippen molar-refractivity contribution in [2.45, 2.75) is 0 Å². The van der Waals surface area contributed by atoms with Crippen LogP contribution in [0.3, 0.4) is 0 Å². The van der Waals surface area contributed by atoms with Gasteiger partial charge in [0.05, 0.1) is 15.7 Å². The van der Waals surface area contributed by atoms with Gasteiger partial charge in [-0.15, -0.1) is 0 Å². The third-order valence-electron chi connectivity index (χ3n) is 2.26. The number of nitrogens with zero attached hydrogens (tertiary/aromatic N) is 2. The molecule has 0 saturated heterocycles. The van der Waals surface area contributed by atoms with Gasteiger partial charge < -0.3 is 16.4 Å². The number of benzene rings is 1. The molecular weight excluding hydrogens is 314 g/mol. The molecule has 5 nitrogen and oxygen atoms in total. The molecule has 0 unspecified atom stereocenters. The molecule has 1 heterocycles. The van der Waals surface area contributed by atoms with Gasteiger partial charge in [-0.05, 0) is 40.3 Å². The van der Waals surface area contributed by atoms with Crippen molar-refractivity contribution in [3.63, 3.8) is 0 Å². The van der Waals surface area contributed by atoms with Crippen LogP contribution >= 0.6 is 28.1 Å². The van der Waals surface area contributed by atoms with Gasteiger partial charge >= 0.3 is 0 Å². The minimum Gasteiger partial charge on any atom is -0.361 e. The van der Waals surface area contributed by atoms with Gasteiger partial charge in [-0.3, -0.25) is 9.97 Å². The Kier molecular flexibility index (Phi) is 4.40. The second kappa shape index (κ2) is 6.03. The van der Waals surface area contributed by atoms with E-state index in [-0.39, 0.29) is 0 Å². The number of aromatic nitrogens is 2. The van der Waals surface area contributed by atoms with E-state index in [0.29, 0.717) is 18.2 Å². The summed E-state index contributed by atoms with van der Waals surface area (Å²) < 4.78 is 0.838. The van der Waals surface area contributed by atoms with Crippen LogP contribution in [0.4, 0.5) is 5.69 Å². The van der Waals surface area contributed by atoms with Crippen molar-refractivity contribution < 1.29 is 0 Å². The molecule has 0 bridgehead atoms. The Bertz CT molecular complexity index is 574. The zero-order chi connectivity index (χ0) is 13.0. The minimum atomic E-state index is 0.532. The number of nitrogens with two attached hydrogens (primary N) is 1. The fourth-order valence-electron chi connectivity index (χ4n) is 1.45. The lowest BCUT2D eigenvalue weighted by molar-refractivity contribution is 0.883. The summed E-state index contributed by atoms with van der Waals surface area (Å²) in [6.07, 6.45) is 3.32. The first-order valence-electron chi connectivity index (χ1n) is 5.36. The number of thiocarbonyl (C=S) groups is 1. The topological polar surface area (TPSA) is 75.9 Å². The molecule has 0 atom stereocenters. The largest absolute Gasteiger partial charge is 0.361 e. The Morgan fingerprint density at radius 3 is 2.89 bits per heavy atom. The van der Waals surface area contributed by atoms with Crippen LogP contribution in [-0.4, -0.2) is 28.2 Å². The summed E-state index contributed by atoms with van der Waals surface area (Å²) in [6.45, 7) is 1.17. The Morgan fingerprint density at radius 1 is 1.33 bits per heavy atom. The molecule has 0 saturated carbocycles. The van der Waals surface area contributed by atoms with E-state index in [9.17, 15) is 0 Å². The third kappa shape index (κ3) is 2.92. The number of anilines is 1. The lowest BCUT2D eigenvalue weighted by Crippen LogP contribution is -2.32. The molecule has 4 N–H and O–H groups in total. The van der Waals surface area contributed by atoms with Crippen molar-refractivity contribution in [1.82, 2.24) is 15.3 Å². The molecule has 0 spiro atoms. The van der Waals surface area contributed by atoms with Crippen molar-refractivity contribution in [2.24, 2.45) is 5.73 Å². The molecule has 0 amide bonds. The maximum absolute atomic E-state index is 5.40. The van der Waals surface area contributed by atoms with Crippen LogP contribution in [-0.2, 0) is 0 Å². The summed E-state index contributed by atoms with van der Waals surface area (Å²) in [5, 5.41) is 6.61. The molecule has 1 aromatic heterocycles. The Balaban J connectivity index is 2.24. The van der Waals surface area contributed by atoms with Gasteiger partial charge in [-0.1, -0.05) is 0 Å². The number of fused-ring (bicyclic) bond motifs is 1. The van der Waals surface area contributed by atoms with Crippen LogP contribution in [0.15, 0.2) is 29.0 Å². The van der Waals surface area contributed by atoms with Gasteiger partial charge in [0.15, 0.2) is 5.11 Å².